The molecule has 1 N–H and O–H groups in total. The third-order valence-corrected chi connectivity index (χ3v) is 4.05. The van der Waals surface area contributed by atoms with Crippen LogP contribution >= 0.6 is 0 Å². The molecular formula is C15H20N3O3+. The fraction of sp³-hybridized carbons (Fsp3) is 0.467. The van der Waals surface area contributed by atoms with Crippen molar-refractivity contribution in [3.05, 3.63) is 30.3 Å². The number of piperazine rings is 1. The predicted molar refractivity (Wildman–Crippen MR) is 77.3 cm³/mol. The van der Waals surface area contributed by atoms with E-state index in [2.05, 4.69) is 17.0 Å². The third-order valence-electron chi connectivity index (χ3n) is 4.05. The third kappa shape index (κ3) is 3.16. The maximum atomic E-state index is 12.1. The zero-order chi connectivity index (χ0) is 14.7. The number of carbonyl (C=O) groups excluding carboxylic acids is 2. The van der Waals surface area contributed by atoms with Gasteiger partial charge in [-0.15, -0.1) is 0 Å². The summed E-state index contributed by atoms with van der Waals surface area (Å²) in [5.74, 6) is -0.124. The van der Waals surface area contributed by atoms with Crippen LogP contribution in [-0.4, -0.2) is 62.8 Å². The van der Waals surface area contributed by atoms with Crippen LogP contribution < -0.4 is 9.80 Å². The SMILES string of the molecule is O=C(C[NH+]1CCN(c2ccccc2)CC1)N1CCOC1=O. The minimum Gasteiger partial charge on any atom is -0.447 e. The molecule has 0 saturated carbocycles. The Morgan fingerprint density at radius 2 is 1.86 bits per heavy atom. The molecule has 112 valence electrons. The number of anilines is 1. The first kappa shape index (κ1) is 13.9. The lowest BCUT2D eigenvalue weighted by Gasteiger charge is -2.33. The number of hydrogen-bond acceptors (Lipinski definition) is 4. The zero-order valence-corrected chi connectivity index (χ0v) is 12.0. The number of carbonyl (C=O) groups is 2. The number of cyclic esters (lactones) is 1. The van der Waals surface area contributed by atoms with Gasteiger partial charge in [-0.1, -0.05) is 18.2 Å². The van der Waals surface area contributed by atoms with Gasteiger partial charge >= 0.3 is 6.09 Å². The van der Waals surface area contributed by atoms with E-state index in [0.29, 0.717) is 19.7 Å². The van der Waals surface area contributed by atoms with Crippen LogP contribution in [0, 0.1) is 0 Å². The molecule has 2 fully saturated rings. The lowest BCUT2D eigenvalue weighted by molar-refractivity contribution is -0.892. The van der Waals surface area contributed by atoms with E-state index in [9.17, 15) is 9.59 Å². The number of para-hydroxylation sites is 1. The Labute approximate surface area is 123 Å². The number of nitrogens with zero attached hydrogens (tertiary/aromatic N) is 2. The molecule has 2 aliphatic rings. The van der Waals surface area contributed by atoms with Crippen LogP contribution in [0.5, 0.6) is 0 Å². The van der Waals surface area contributed by atoms with Crippen LogP contribution in [0.1, 0.15) is 0 Å². The summed E-state index contributed by atoms with van der Waals surface area (Å²) < 4.78 is 4.80. The average molecular weight is 290 g/mol. The monoisotopic (exact) mass is 290 g/mol. The lowest BCUT2D eigenvalue weighted by Crippen LogP contribution is -3.15. The Kier molecular flexibility index (Phi) is 4.06. The molecule has 1 aromatic carbocycles. The molecule has 0 aliphatic carbocycles. The van der Waals surface area contributed by atoms with Gasteiger partial charge in [0.15, 0.2) is 6.54 Å². The first-order chi connectivity index (χ1) is 10.2. The van der Waals surface area contributed by atoms with Crippen LogP contribution in [0.15, 0.2) is 30.3 Å². The van der Waals surface area contributed by atoms with E-state index in [1.54, 1.807) is 0 Å². The van der Waals surface area contributed by atoms with Gasteiger partial charge in [-0.25, -0.2) is 9.69 Å². The summed E-state index contributed by atoms with van der Waals surface area (Å²) in [6.45, 7) is 4.75. The largest absolute Gasteiger partial charge is 0.447 e. The molecule has 0 atom stereocenters. The van der Waals surface area contributed by atoms with Gasteiger partial charge in [0, 0.05) is 5.69 Å². The number of nitrogens with one attached hydrogen (secondary N) is 1. The molecule has 6 nitrogen and oxygen atoms in total. The van der Waals surface area contributed by atoms with Gasteiger partial charge in [-0.3, -0.25) is 4.79 Å². The van der Waals surface area contributed by atoms with Crippen molar-refractivity contribution in [2.24, 2.45) is 0 Å². The van der Waals surface area contributed by atoms with Crippen molar-refractivity contribution in [3.63, 3.8) is 0 Å². The normalized spacial score (nSPS) is 19.7. The maximum absolute atomic E-state index is 12.1. The predicted octanol–water partition coefficient (Wildman–Crippen LogP) is -0.630. The summed E-state index contributed by atoms with van der Waals surface area (Å²) in [4.78, 5) is 28.2. The Morgan fingerprint density at radius 1 is 1.14 bits per heavy atom. The van der Waals surface area contributed by atoms with Gasteiger partial charge in [0.05, 0.1) is 32.7 Å². The zero-order valence-electron chi connectivity index (χ0n) is 12.0. The molecule has 0 radical (unpaired) electrons. The molecular weight excluding hydrogens is 270 g/mol. The molecule has 2 heterocycles. The second-order valence-electron chi connectivity index (χ2n) is 5.41. The van der Waals surface area contributed by atoms with Gasteiger partial charge in [0.25, 0.3) is 5.91 Å². The topological polar surface area (TPSA) is 54.3 Å². The summed E-state index contributed by atoms with van der Waals surface area (Å²) in [5.41, 5.74) is 1.23. The maximum Gasteiger partial charge on any atom is 0.416 e. The summed E-state index contributed by atoms with van der Waals surface area (Å²) in [7, 11) is 0. The minimum absolute atomic E-state index is 0.124. The summed E-state index contributed by atoms with van der Waals surface area (Å²) in [6, 6.07) is 10.3. The van der Waals surface area contributed by atoms with Crippen LogP contribution in [-0.2, 0) is 9.53 Å². The Balaban J connectivity index is 1.50. The van der Waals surface area contributed by atoms with Crippen molar-refractivity contribution in [2.45, 2.75) is 0 Å². The van der Waals surface area contributed by atoms with Gasteiger partial charge in [-0.2, -0.15) is 0 Å². The van der Waals surface area contributed by atoms with Crippen molar-refractivity contribution in [3.8, 4) is 0 Å². The molecule has 0 spiro atoms. The molecule has 2 amide bonds. The van der Waals surface area contributed by atoms with E-state index in [4.69, 9.17) is 4.74 Å². The van der Waals surface area contributed by atoms with E-state index in [-0.39, 0.29) is 5.91 Å². The molecule has 2 aliphatic heterocycles. The second-order valence-corrected chi connectivity index (χ2v) is 5.41. The fourth-order valence-electron chi connectivity index (χ4n) is 2.83. The molecule has 2 saturated heterocycles. The quantitative estimate of drug-likeness (QED) is 0.805. The number of quaternary nitrogens is 1. The van der Waals surface area contributed by atoms with E-state index in [1.807, 2.05) is 18.2 Å². The highest BCUT2D eigenvalue weighted by atomic mass is 16.6. The van der Waals surface area contributed by atoms with Gasteiger partial charge in [0.2, 0.25) is 0 Å². The first-order valence-corrected chi connectivity index (χ1v) is 7.35. The highest BCUT2D eigenvalue weighted by Gasteiger charge is 2.32. The fourth-order valence-corrected chi connectivity index (χ4v) is 2.83. The standard InChI is InChI=1S/C15H19N3O3/c19-14(18-10-11-21-15(18)20)12-16-6-8-17(9-7-16)13-4-2-1-3-5-13/h1-5H,6-12H2/p+1. The van der Waals surface area contributed by atoms with Crippen LogP contribution in [0.2, 0.25) is 0 Å². The number of ether oxygens (including phenoxy) is 1. The number of rotatable bonds is 3. The van der Waals surface area contributed by atoms with Crippen LogP contribution in [0.3, 0.4) is 0 Å². The highest BCUT2D eigenvalue weighted by Crippen LogP contribution is 2.12. The number of imide groups is 1. The van der Waals surface area contributed by atoms with Crippen molar-refractivity contribution >= 4 is 17.7 Å². The molecule has 6 heteroatoms. The first-order valence-electron chi connectivity index (χ1n) is 7.35. The molecule has 1 aromatic rings. The van der Waals surface area contributed by atoms with E-state index >= 15 is 0 Å². The number of hydrogen-bond donors (Lipinski definition) is 1. The van der Waals surface area contributed by atoms with Crippen LogP contribution in [0.4, 0.5) is 10.5 Å². The molecule has 0 unspecified atom stereocenters. The Morgan fingerprint density at radius 3 is 2.48 bits per heavy atom. The van der Waals surface area contributed by atoms with Crippen molar-refractivity contribution in [1.82, 2.24) is 4.90 Å². The molecule has 21 heavy (non-hydrogen) atoms. The van der Waals surface area contributed by atoms with Crippen molar-refractivity contribution in [1.29, 1.82) is 0 Å². The highest BCUT2D eigenvalue weighted by molar-refractivity contribution is 5.93. The summed E-state index contributed by atoms with van der Waals surface area (Å²) in [5, 5.41) is 0. The number of benzene rings is 1. The Bertz CT molecular complexity index is 512. The molecule has 0 bridgehead atoms. The summed E-state index contributed by atoms with van der Waals surface area (Å²) >= 11 is 0. The summed E-state index contributed by atoms with van der Waals surface area (Å²) in [6.07, 6.45) is -0.498. The van der Waals surface area contributed by atoms with Gasteiger partial charge in [-0.05, 0) is 12.1 Å². The molecule has 0 aromatic heterocycles. The molecule has 3 rings (SSSR count). The van der Waals surface area contributed by atoms with Gasteiger partial charge < -0.3 is 14.5 Å². The van der Waals surface area contributed by atoms with E-state index in [1.165, 1.54) is 15.5 Å². The van der Waals surface area contributed by atoms with Crippen LogP contribution in [0.25, 0.3) is 0 Å². The average Bonchev–Trinajstić information content (AvgIpc) is 2.95. The Hall–Kier alpha value is -2.08. The van der Waals surface area contributed by atoms with Crippen molar-refractivity contribution < 1.29 is 19.2 Å². The van der Waals surface area contributed by atoms with Gasteiger partial charge in [0.1, 0.15) is 6.61 Å². The smallest absolute Gasteiger partial charge is 0.416 e. The van der Waals surface area contributed by atoms with E-state index < -0.39 is 6.09 Å². The number of amides is 2. The lowest BCUT2D eigenvalue weighted by atomic mass is 10.2. The minimum atomic E-state index is -0.498. The van der Waals surface area contributed by atoms with Crippen molar-refractivity contribution in [2.75, 3.05) is 50.8 Å². The van der Waals surface area contributed by atoms with E-state index in [0.717, 1.165) is 26.2 Å². The second kappa shape index (κ2) is 6.13.